The number of anilines is 3. The fourth-order valence-electron chi connectivity index (χ4n) is 3.79. The predicted octanol–water partition coefficient (Wildman–Crippen LogP) is 6.18. The second-order valence-corrected chi connectivity index (χ2v) is 9.30. The van der Waals surface area contributed by atoms with E-state index in [4.69, 9.17) is 28.6 Å². The summed E-state index contributed by atoms with van der Waals surface area (Å²) in [5.41, 5.74) is 1.13. The molecule has 3 aromatic carbocycles. The summed E-state index contributed by atoms with van der Waals surface area (Å²) >= 11 is 11.2. The summed E-state index contributed by atoms with van der Waals surface area (Å²) in [6, 6.07) is 10.6. The van der Waals surface area contributed by atoms with Gasteiger partial charge in [-0.1, -0.05) is 18.5 Å². The van der Waals surface area contributed by atoms with Crippen molar-refractivity contribution >= 4 is 57.8 Å². The molecule has 7 nitrogen and oxygen atoms in total. The van der Waals surface area contributed by atoms with Gasteiger partial charge in [0.1, 0.15) is 17.5 Å². The molecule has 0 radical (unpaired) electrons. The highest BCUT2D eigenvalue weighted by molar-refractivity contribution is 7.80. The Morgan fingerprint density at radius 2 is 1.52 bits per heavy atom. The minimum atomic E-state index is -2.36. The van der Waals surface area contributed by atoms with Crippen LogP contribution in [0.5, 0.6) is 5.75 Å². The first-order valence-electron chi connectivity index (χ1n) is 11.8. The Bertz CT molecular complexity index is 1430. The maximum atomic E-state index is 14.5. The van der Waals surface area contributed by atoms with Gasteiger partial charge >= 0.3 is 0 Å². The number of benzene rings is 3. The quantitative estimate of drug-likeness (QED) is 0.133. The number of rotatable bonds is 9. The van der Waals surface area contributed by atoms with Gasteiger partial charge in [-0.2, -0.15) is 0 Å². The zero-order valence-electron chi connectivity index (χ0n) is 20.6. The fraction of sp³-hybridized carbons (Fsp3) is 0.192. The molecule has 14 heteroatoms. The standard InChI is InChI=1S/C26H20ClF5N4O3S/c1-2-11-39-16-9-5-14(6-10-16)33-18(37)12-17-25(38)35(15-7-3-13(27)4-8-15)26(40)36(17)34-24-22(31)20(29)19(28)21(30)23(24)32/h3-10,17,34H,2,11-12H2,1H3,(H,33,37). The molecule has 1 heterocycles. The van der Waals surface area contributed by atoms with E-state index in [2.05, 4.69) is 5.32 Å². The number of nitrogens with zero attached hydrogens (tertiary/aromatic N) is 2. The average Bonchev–Trinajstić information content (AvgIpc) is 3.16. The van der Waals surface area contributed by atoms with Gasteiger partial charge in [-0.15, -0.1) is 0 Å². The molecule has 1 fully saturated rings. The smallest absolute Gasteiger partial charge is 0.258 e. The lowest BCUT2D eigenvalue weighted by molar-refractivity contribution is -0.124. The van der Waals surface area contributed by atoms with Crippen molar-refractivity contribution in [3.8, 4) is 5.75 Å². The Morgan fingerprint density at radius 1 is 0.950 bits per heavy atom. The van der Waals surface area contributed by atoms with Crippen LogP contribution in [-0.4, -0.2) is 34.6 Å². The van der Waals surface area contributed by atoms with E-state index >= 15 is 0 Å². The molecule has 4 rings (SSSR count). The monoisotopic (exact) mass is 598 g/mol. The average molecular weight is 599 g/mol. The summed E-state index contributed by atoms with van der Waals surface area (Å²) in [5, 5.41) is 3.21. The molecule has 0 bridgehead atoms. The highest BCUT2D eigenvalue weighted by Gasteiger charge is 2.45. The number of hydrogen-bond acceptors (Lipinski definition) is 5. The van der Waals surface area contributed by atoms with E-state index in [1.165, 1.54) is 24.3 Å². The zero-order valence-corrected chi connectivity index (χ0v) is 22.2. The molecule has 2 N–H and O–H groups in total. The summed E-state index contributed by atoms with van der Waals surface area (Å²) in [7, 11) is 0. The Labute approximate surface area is 235 Å². The first kappa shape index (κ1) is 29.0. The lowest BCUT2D eigenvalue weighted by Crippen LogP contribution is -2.42. The van der Waals surface area contributed by atoms with Crippen LogP contribution < -0.4 is 20.4 Å². The van der Waals surface area contributed by atoms with Crippen molar-refractivity contribution in [2.75, 3.05) is 22.2 Å². The molecule has 210 valence electrons. The summed E-state index contributed by atoms with van der Waals surface area (Å²) in [6.07, 6.45) is 0.192. The molecule has 1 atom stereocenters. The summed E-state index contributed by atoms with van der Waals surface area (Å²) in [5.74, 6) is -12.0. The molecule has 1 aliphatic heterocycles. The van der Waals surface area contributed by atoms with Gasteiger partial charge in [0, 0.05) is 10.7 Å². The van der Waals surface area contributed by atoms with Crippen molar-refractivity contribution in [2.45, 2.75) is 25.8 Å². The van der Waals surface area contributed by atoms with Gasteiger partial charge in [-0.3, -0.25) is 19.9 Å². The maximum Gasteiger partial charge on any atom is 0.258 e. The number of carbonyl (C=O) groups excluding carboxylic acids is 2. The molecule has 1 saturated heterocycles. The highest BCUT2D eigenvalue weighted by Crippen LogP contribution is 2.32. The molecular formula is C26H20ClF5N4O3S. The van der Waals surface area contributed by atoms with Crippen LogP contribution in [0.15, 0.2) is 48.5 Å². The minimum absolute atomic E-state index is 0.189. The summed E-state index contributed by atoms with van der Waals surface area (Å²) in [6.45, 7) is 2.45. The normalized spacial score (nSPS) is 15.0. The maximum absolute atomic E-state index is 14.5. The third-order valence-corrected chi connectivity index (χ3v) is 6.36. The second kappa shape index (κ2) is 12.0. The SMILES string of the molecule is CCCOc1ccc(NC(=O)CC2C(=O)N(c3ccc(Cl)cc3)C(=S)N2Nc2c(F)c(F)c(F)c(F)c2F)cc1. The molecule has 0 saturated carbocycles. The number of hydrazine groups is 1. The van der Waals surface area contributed by atoms with Gasteiger partial charge in [0.2, 0.25) is 16.8 Å². The van der Waals surface area contributed by atoms with Gasteiger partial charge in [-0.25, -0.2) is 27.0 Å². The van der Waals surface area contributed by atoms with Crippen LogP contribution in [0.25, 0.3) is 0 Å². The van der Waals surface area contributed by atoms with Crippen molar-refractivity contribution < 1.29 is 36.3 Å². The molecular weight excluding hydrogens is 579 g/mol. The Hall–Kier alpha value is -3.97. The van der Waals surface area contributed by atoms with Crippen LogP contribution in [0.3, 0.4) is 0 Å². The molecule has 0 aliphatic carbocycles. The van der Waals surface area contributed by atoms with Crippen LogP contribution in [-0.2, 0) is 9.59 Å². The number of amides is 2. The first-order valence-corrected chi connectivity index (χ1v) is 12.6. The number of nitrogens with one attached hydrogen (secondary N) is 2. The van der Waals surface area contributed by atoms with Crippen molar-refractivity contribution in [1.29, 1.82) is 0 Å². The van der Waals surface area contributed by atoms with Crippen molar-refractivity contribution in [1.82, 2.24) is 5.01 Å². The van der Waals surface area contributed by atoms with Crippen LogP contribution >= 0.6 is 23.8 Å². The van der Waals surface area contributed by atoms with Crippen LogP contribution in [0.1, 0.15) is 19.8 Å². The molecule has 40 heavy (non-hydrogen) atoms. The van der Waals surface area contributed by atoms with E-state index in [0.717, 1.165) is 11.3 Å². The Morgan fingerprint density at radius 3 is 2.10 bits per heavy atom. The van der Waals surface area contributed by atoms with E-state index in [1.807, 2.05) is 12.3 Å². The van der Waals surface area contributed by atoms with Gasteiger partial charge in [0.25, 0.3) is 5.91 Å². The Balaban J connectivity index is 1.63. The topological polar surface area (TPSA) is 73.9 Å². The third kappa shape index (κ3) is 5.80. The number of ether oxygens (including phenoxy) is 1. The van der Waals surface area contributed by atoms with Gasteiger partial charge < -0.3 is 10.1 Å². The number of carbonyl (C=O) groups is 2. The molecule has 2 amide bonds. The zero-order chi connectivity index (χ0) is 29.1. The minimum Gasteiger partial charge on any atom is -0.494 e. The lowest BCUT2D eigenvalue weighted by atomic mass is 10.1. The van der Waals surface area contributed by atoms with E-state index in [9.17, 15) is 31.5 Å². The molecule has 1 aliphatic rings. The predicted molar refractivity (Wildman–Crippen MR) is 142 cm³/mol. The van der Waals surface area contributed by atoms with E-state index in [1.54, 1.807) is 24.3 Å². The van der Waals surface area contributed by atoms with E-state index in [-0.39, 0.29) is 5.69 Å². The molecule has 3 aromatic rings. The lowest BCUT2D eigenvalue weighted by Gasteiger charge is -2.26. The van der Waals surface area contributed by atoms with Crippen molar-refractivity contribution in [2.24, 2.45) is 0 Å². The second-order valence-electron chi connectivity index (χ2n) is 8.50. The highest BCUT2D eigenvalue weighted by atomic mass is 35.5. The largest absolute Gasteiger partial charge is 0.494 e. The number of thiocarbonyl (C=S) groups is 1. The van der Waals surface area contributed by atoms with Gasteiger partial charge in [0.15, 0.2) is 23.3 Å². The Kier molecular flexibility index (Phi) is 8.74. The fourth-order valence-corrected chi connectivity index (χ4v) is 4.29. The third-order valence-electron chi connectivity index (χ3n) is 5.73. The molecule has 0 aromatic heterocycles. The molecule has 0 spiro atoms. The number of hydrogen-bond donors (Lipinski definition) is 2. The van der Waals surface area contributed by atoms with Crippen molar-refractivity contribution in [3.05, 3.63) is 82.6 Å². The van der Waals surface area contributed by atoms with Gasteiger partial charge in [-0.05, 0) is 67.2 Å². The summed E-state index contributed by atoms with van der Waals surface area (Å²) < 4.78 is 75.7. The first-order chi connectivity index (χ1) is 19.0. The van der Waals surface area contributed by atoms with E-state index < -0.39 is 64.2 Å². The van der Waals surface area contributed by atoms with Gasteiger partial charge in [0.05, 0.1) is 18.7 Å². The van der Waals surface area contributed by atoms with E-state index in [0.29, 0.717) is 28.1 Å². The number of halogens is 6. The summed E-state index contributed by atoms with van der Waals surface area (Å²) in [4.78, 5) is 27.3. The van der Waals surface area contributed by atoms with Crippen LogP contribution in [0.2, 0.25) is 5.02 Å². The van der Waals surface area contributed by atoms with Crippen molar-refractivity contribution in [3.63, 3.8) is 0 Å². The van der Waals surface area contributed by atoms with Crippen LogP contribution in [0.4, 0.5) is 39.0 Å². The molecule has 1 unspecified atom stereocenters. The van der Waals surface area contributed by atoms with Crippen LogP contribution in [0, 0.1) is 29.1 Å².